The van der Waals surface area contributed by atoms with E-state index >= 15 is 0 Å². The summed E-state index contributed by atoms with van der Waals surface area (Å²) in [6, 6.07) is 20.3. The molecular formula is C23H22ClN3O3S. The van der Waals surface area contributed by atoms with Crippen LogP contribution < -0.4 is 9.73 Å². The van der Waals surface area contributed by atoms with E-state index in [0.29, 0.717) is 10.7 Å². The first-order valence-corrected chi connectivity index (χ1v) is 11.3. The van der Waals surface area contributed by atoms with Gasteiger partial charge in [0, 0.05) is 5.02 Å². The summed E-state index contributed by atoms with van der Waals surface area (Å²) in [7, 11) is -3.96. The highest BCUT2D eigenvalue weighted by Crippen LogP contribution is 2.27. The van der Waals surface area contributed by atoms with Crippen LogP contribution in [0.5, 0.6) is 0 Å². The summed E-state index contributed by atoms with van der Waals surface area (Å²) in [4.78, 5) is 12.7. The van der Waals surface area contributed by atoms with Crippen LogP contribution in [0.15, 0.2) is 82.8 Å². The Morgan fingerprint density at radius 1 is 1.03 bits per heavy atom. The van der Waals surface area contributed by atoms with E-state index < -0.39 is 22.5 Å². The third kappa shape index (κ3) is 5.71. The van der Waals surface area contributed by atoms with Crippen molar-refractivity contribution in [2.45, 2.75) is 18.7 Å². The Morgan fingerprint density at radius 3 is 2.35 bits per heavy atom. The zero-order valence-electron chi connectivity index (χ0n) is 17.1. The number of amides is 1. The molecule has 0 atom stereocenters. The molecule has 0 saturated carbocycles. The number of carbonyl (C=O) groups excluding carboxylic acids is 1. The molecule has 3 rings (SSSR count). The highest BCUT2D eigenvalue weighted by molar-refractivity contribution is 7.92. The van der Waals surface area contributed by atoms with Gasteiger partial charge in [0.2, 0.25) is 0 Å². The normalized spacial score (nSPS) is 11.5. The minimum atomic E-state index is -3.96. The van der Waals surface area contributed by atoms with Crippen LogP contribution in [0.1, 0.15) is 16.7 Å². The van der Waals surface area contributed by atoms with Gasteiger partial charge in [-0.2, -0.15) is 5.10 Å². The van der Waals surface area contributed by atoms with Gasteiger partial charge in [0.1, 0.15) is 6.54 Å². The molecule has 0 heterocycles. The van der Waals surface area contributed by atoms with Crippen molar-refractivity contribution in [1.29, 1.82) is 0 Å². The standard InChI is InChI=1S/C23H22ClN3O3S/c1-17-8-13-22(18(2)14-17)27(31(29,30)21-6-4-3-5-7-21)16-23(28)26-25-15-19-9-11-20(24)12-10-19/h3-15H,16H2,1-2H3,(H,26,28)/b25-15-. The smallest absolute Gasteiger partial charge is 0.264 e. The predicted octanol–water partition coefficient (Wildman–Crippen LogP) is 4.30. The SMILES string of the molecule is Cc1ccc(N(CC(=O)N/N=C\c2ccc(Cl)cc2)S(=O)(=O)c2ccccc2)c(C)c1. The molecule has 0 saturated heterocycles. The zero-order chi connectivity index (χ0) is 22.4. The molecule has 0 unspecified atom stereocenters. The number of halogens is 1. The number of anilines is 1. The summed E-state index contributed by atoms with van der Waals surface area (Å²) in [5.74, 6) is -0.565. The maximum absolute atomic E-state index is 13.3. The van der Waals surface area contributed by atoms with Crippen LogP contribution in [0.4, 0.5) is 5.69 Å². The summed E-state index contributed by atoms with van der Waals surface area (Å²) in [6.45, 7) is 3.32. The lowest BCUT2D eigenvalue weighted by Gasteiger charge is -2.25. The summed E-state index contributed by atoms with van der Waals surface area (Å²) in [5, 5.41) is 4.51. The molecule has 1 N–H and O–H groups in total. The van der Waals surface area contributed by atoms with Crippen molar-refractivity contribution >= 4 is 39.4 Å². The van der Waals surface area contributed by atoms with Gasteiger partial charge in [0.25, 0.3) is 15.9 Å². The molecule has 0 fully saturated rings. The minimum absolute atomic E-state index is 0.104. The molecule has 3 aromatic carbocycles. The molecule has 6 nitrogen and oxygen atoms in total. The lowest BCUT2D eigenvalue weighted by atomic mass is 10.1. The third-order valence-electron chi connectivity index (χ3n) is 4.51. The Bertz CT molecular complexity index is 1190. The number of nitrogens with one attached hydrogen (secondary N) is 1. The van der Waals surface area contributed by atoms with Crippen molar-refractivity contribution in [3.05, 3.63) is 94.5 Å². The number of rotatable bonds is 7. The van der Waals surface area contributed by atoms with Crippen LogP contribution in [0.25, 0.3) is 0 Å². The number of nitrogens with zero attached hydrogens (tertiary/aromatic N) is 2. The molecule has 0 aliphatic carbocycles. The number of carbonyl (C=O) groups is 1. The van der Waals surface area contributed by atoms with E-state index in [9.17, 15) is 13.2 Å². The lowest BCUT2D eigenvalue weighted by Crippen LogP contribution is -2.40. The largest absolute Gasteiger partial charge is 0.271 e. The van der Waals surface area contributed by atoms with Crippen LogP contribution >= 0.6 is 11.6 Å². The van der Waals surface area contributed by atoms with Crippen LogP contribution in [0.3, 0.4) is 0 Å². The zero-order valence-corrected chi connectivity index (χ0v) is 18.7. The van der Waals surface area contributed by atoms with E-state index in [1.165, 1.54) is 18.3 Å². The van der Waals surface area contributed by atoms with Gasteiger partial charge in [-0.05, 0) is 55.3 Å². The van der Waals surface area contributed by atoms with E-state index in [4.69, 9.17) is 11.6 Å². The number of benzene rings is 3. The fourth-order valence-corrected chi connectivity index (χ4v) is 4.63. The van der Waals surface area contributed by atoms with Crippen molar-refractivity contribution in [1.82, 2.24) is 5.43 Å². The Kier molecular flexibility index (Phi) is 7.09. The first-order chi connectivity index (χ1) is 14.8. The third-order valence-corrected chi connectivity index (χ3v) is 6.54. The monoisotopic (exact) mass is 455 g/mol. The first-order valence-electron chi connectivity index (χ1n) is 9.50. The first kappa shape index (κ1) is 22.5. The van der Waals surface area contributed by atoms with Gasteiger partial charge in [-0.3, -0.25) is 9.10 Å². The summed E-state index contributed by atoms with van der Waals surface area (Å²) < 4.78 is 27.8. The van der Waals surface area contributed by atoms with E-state index in [2.05, 4.69) is 10.5 Å². The summed E-state index contributed by atoms with van der Waals surface area (Å²) in [5.41, 5.74) is 5.31. The number of hydrazone groups is 1. The number of hydrogen-bond acceptors (Lipinski definition) is 4. The molecule has 0 radical (unpaired) electrons. The van der Waals surface area contributed by atoms with E-state index in [0.717, 1.165) is 21.0 Å². The average molecular weight is 456 g/mol. The van der Waals surface area contributed by atoms with Crippen LogP contribution in [0, 0.1) is 13.8 Å². The highest BCUT2D eigenvalue weighted by Gasteiger charge is 2.28. The molecule has 0 spiro atoms. The van der Waals surface area contributed by atoms with Gasteiger partial charge in [-0.15, -0.1) is 0 Å². The Labute approximate surface area is 187 Å². The topological polar surface area (TPSA) is 78.8 Å². The van der Waals surface area contributed by atoms with Gasteiger partial charge in [-0.1, -0.05) is 59.6 Å². The van der Waals surface area contributed by atoms with Gasteiger partial charge in [-0.25, -0.2) is 13.8 Å². The quantitative estimate of drug-likeness (QED) is 0.426. The molecule has 31 heavy (non-hydrogen) atoms. The molecule has 1 amide bonds. The van der Waals surface area contributed by atoms with Crippen LogP contribution in [-0.2, 0) is 14.8 Å². The summed E-state index contributed by atoms with van der Waals surface area (Å²) in [6.07, 6.45) is 1.46. The maximum Gasteiger partial charge on any atom is 0.264 e. The van der Waals surface area contributed by atoms with Crippen molar-refractivity contribution in [2.24, 2.45) is 5.10 Å². The Balaban J connectivity index is 1.86. The minimum Gasteiger partial charge on any atom is -0.271 e. The van der Waals surface area contributed by atoms with E-state index in [1.54, 1.807) is 48.5 Å². The second kappa shape index (κ2) is 9.76. The molecule has 3 aromatic rings. The predicted molar refractivity (Wildman–Crippen MR) is 124 cm³/mol. The maximum atomic E-state index is 13.3. The Morgan fingerprint density at radius 2 is 1.71 bits per heavy atom. The van der Waals surface area contributed by atoms with Gasteiger partial charge < -0.3 is 0 Å². The van der Waals surface area contributed by atoms with Crippen molar-refractivity contribution < 1.29 is 13.2 Å². The van der Waals surface area contributed by atoms with E-state index in [-0.39, 0.29) is 4.90 Å². The molecule has 160 valence electrons. The van der Waals surface area contributed by atoms with Gasteiger partial charge >= 0.3 is 0 Å². The fraction of sp³-hybridized carbons (Fsp3) is 0.130. The van der Waals surface area contributed by atoms with E-state index in [1.807, 2.05) is 26.0 Å². The second-order valence-corrected chi connectivity index (χ2v) is 9.26. The molecule has 0 aliphatic rings. The Hall–Kier alpha value is -3.16. The number of aryl methyl sites for hydroxylation is 2. The van der Waals surface area contributed by atoms with Crippen molar-refractivity contribution in [2.75, 3.05) is 10.8 Å². The van der Waals surface area contributed by atoms with Gasteiger partial charge in [0.15, 0.2) is 0 Å². The number of sulfonamides is 1. The molecule has 0 bridgehead atoms. The molecular weight excluding hydrogens is 434 g/mol. The highest BCUT2D eigenvalue weighted by atomic mass is 35.5. The summed E-state index contributed by atoms with van der Waals surface area (Å²) >= 11 is 5.85. The second-order valence-electron chi connectivity index (χ2n) is 6.96. The van der Waals surface area contributed by atoms with Crippen molar-refractivity contribution in [3.8, 4) is 0 Å². The van der Waals surface area contributed by atoms with Crippen LogP contribution in [-0.4, -0.2) is 27.1 Å². The molecule has 0 aromatic heterocycles. The van der Waals surface area contributed by atoms with Crippen molar-refractivity contribution in [3.63, 3.8) is 0 Å². The lowest BCUT2D eigenvalue weighted by molar-refractivity contribution is -0.119. The van der Waals surface area contributed by atoms with Gasteiger partial charge in [0.05, 0.1) is 16.8 Å². The molecule has 8 heteroatoms. The number of hydrogen-bond donors (Lipinski definition) is 1. The fourth-order valence-electron chi connectivity index (χ4n) is 3.00. The average Bonchev–Trinajstić information content (AvgIpc) is 2.74. The molecule has 0 aliphatic heterocycles. The van der Waals surface area contributed by atoms with Crippen LogP contribution in [0.2, 0.25) is 5.02 Å².